The van der Waals surface area contributed by atoms with Crippen LogP contribution in [0.5, 0.6) is 17.2 Å². The molecular weight excluding hydrogens is 548 g/mol. The molecule has 3 rings (SSSR count). The van der Waals surface area contributed by atoms with Crippen LogP contribution in [0.25, 0.3) is 0 Å². The normalized spacial score (nSPS) is 15.3. The van der Waals surface area contributed by atoms with E-state index >= 15 is 0 Å². The average Bonchev–Trinajstić information content (AvgIpc) is 2.93. The van der Waals surface area contributed by atoms with Crippen molar-refractivity contribution in [2.24, 2.45) is 0 Å². The van der Waals surface area contributed by atoms with Crippen LogP contribution in [0.3, 0.4) is 0 Å². The van der Waals surface area contributed by atoms with E-state index in [4.69, 9.17) is 23.7 Å². The highest BCUT2D eigenvalue weighted by molar-refractivity contribution is 6.16. The van der Waals surface area contributed by atoms with Crippen molar-refractivity contribution in [2.75, 3.05) is 26.6 Å². The highest BCUT2D eigenvalue weighted by Gasteiger charge is 2.42. The number of esters is 2. The number of carbonyl (C=O) groups excluding carboxylic acids is 2. The highest BCUT2D eigenvalue weighted by Crippen LogP contribution is 2.41. The highest BCUT2D eigenvalue weighted by atomic mass is 16.7. The number of methoxy groups -OCH3 is 3. The molecule has 0 saturated carbocycles. The molecule has 9 heteroatoms. The first-order valence-electron chi connectivity index (χ1n) is 14.9. The van der Waals surface area contributed by atoms with E-state index in [-0.39, 0.29) is 22.9 Å². The number of hydrogen-bond donors (Lipinski definition) is 1. The quantitative estimate of drug-likeness (QED) is 0.114. The molecule has 1 N–H and O–H groups in total. The van der Waals surface area contributed by atoms with Crippen LogP contribution in [0.15, 0.2) is 47.8 Å². The van der Waals surface area contributed by atoms with Crippen molar-refractivity contribution in [3.63, 3.8) is 0 Å². The minimum absolute atomic E-state index is 0.00918. The number of nitrogens with zero attached hydrogens (tertiary/aromatic N) is 1. The van der Waals surface area contributed by atoms with Crippen molar-refractivity contribution in [3.8, 4) is 17.2 Å². The van der Waals surface area contributed by atoms with E-state index in [0.29, 0.717) is 29.5 Å². The molecular formula is C34H48N2O7. The van der Waals surface area contributed by atoms with Gasteiger partial charge in [-0.3, -0.25) is 0 Å². The van der Waals surface area contributed by atoms with Gasteiger partial charge in [-0.25, -0.2) is 9.59 Å². The SMILES string of the molecule is CCCCCC(C)N(Cc1ccc(C(C)(C)C)cc1)C(Nc1cc(OC)c(OC)c(OC)c1)=C1C(=O)OC(C)(C)OC1=O. The molecule has 0 aromatic heterocycles. The largest absolute Gasteiger partial charge is 0.493 e. The monoisotopic (exact) mass is 596 g/mol. The molecule has 0 spiro atoms. The van der Waals surface area contributed by atoms with Gasteiger partial charge in [0.25, 0.3) is 5.79 Å². The van der Waals surface area contributed by atoms with Crippen molar-refractivity contribution < 1.29 is 33.3 Å². The first-order valence-corrected chi connectivity index (χ1v) is 14.9. The minimum Gasteiger partial charge on any atom is -0.493 e. The number of cyclic esters (lactones) is 2. The van der Waals surface area contributed by atoms with Gasteiger partial charge in [0.15, 0.2) is 17.1 Å². The summed E-state index contributed by atoms with van der Waals surface area (Å²) in [5, 5.41) is 3.35. The summed E-state index contributed by atoms with van der Waals surface area (Å²) in [6, 6.07) is 11.8. The summed E-state index contributed by atoms with van der Waals surface area (Å²) in [4.78, 5) is 29.0. The van der Waals surface area contributed by atoms with Gasteiger partial charge in [-0.15, -0.1) is 0 Å². The Balaban J connectivity index is 2.20. The number of nitrogens with one attached hydrogen (secondary N) is 1. The van der Waals surface area contributed by atoms with Crippen LogP contribution in [0.1, 0.15) is 85.3 Å². The standard InChI is InChI=1S/C34H48N2O7/c1-11-12-13-14-22(2)36(21-23-15-17-24(18-16-23)33(3,4)5)30(28-31(37)42-34(6,7)43-32(28)38)35-25-19-26(39-8)29(41-10)27(20-25)40-9/h15-20,22,35H,11-14,21H2,1-10H3. The number of benzene rings is 2. The van der Waals surface area contributed by atoms with Gasteiger partial charge in [0.2, 0.25) is 5.75 Å². The Morgan fingerprint density at radius 3 is 1.95 bits per heavy atom. The first-order chi connectivity index (χ1) is 20.2. The van der Waals surface area contributed by atoms with Gasteiger partial charge in [-0.2, -0.15) is 0 Å². The molecule has 43 heavy (non-hydrogen) atoms. The van der Waals surface area contributed by atoms with Crippen LogP contribution < -0.4 is 19.5 Å². The van der Waals surface area contributed by atoms with Crippen LogP contribution in [-0.4, -0.2) is 50.0 Å². The summed E-state index contributed by atoms with van der Waals surface area (Å²) in [5.74, 6) is -1.35. The lowest BCUT2D eigenvalue weighted by Gasteiger charge is -2.37. The minimum atomic E-state index is -1.38. The Morgan fingerprint density at radius 1 is 0.930 bits per heavy atom. The number of hydrogen-bond acceptors (Lipinski definition) is 9. The summed E-state index contributed by atoms with van der Waals surface area (Å²) in [5.41, 5.74) is 2.57. The molecule has 0 aliphatic carbocycles. The van der Waals surface area contributed by atoms with E-state index in [1.54, 1.807) is 12.1 Å². The van der Waals surface area contributed by atoms with E-state index in [2.05, 4.69) is 64.2 Å². The van der Waals surface area contributed by atoms with Crippen LogP contribution in [0, 0.1) is 0 Å². The fourth-order valence-electron chi connectivity index (χ4n) is 5.02. The molecule has 2 aromatic carbocycles. The molecule has 9 nitrogen and oxygen atoms in total. The fourth-order valence-corrected chi connectivity index (χ4v) is 5.02. The van der Waals surface area contributed by atoms with Gasteiger partial charge in [-0.05, 0) is 29.9 Å². The van der Waals surface area contributed by atoms with Crippen molar-refractivity contribution in [3.05, 3.63) is 58.9 Å². The second-order valence-corrected chi connectivity index (χ2v) is 12.4. The second-order valence-electron chi connectivity index (χ2n) is 12.4. The van der Waals surface area contributed by atoms with Gasteiger partial charge in [0, 0.05) is 44.3 Å². The average molecular weight is 597 g/mol. The number of rotatable bonds is 13. The molecule has 1 aliphatic heterocycles. The second kappa shape index (κ2) is 14.1. The first kappa shape index (κ1) is 33.6. The molecule has 236 valence electrons. The van der Waals surface area contributed by atoms with Crippen LogP contribution >= 0.6 is 0 Å². The van der Waals surface area contributed by atoms with Crippen molar-refractivity contribution in [1.82, 2.24) is 4.90 Å². The summed E-state index contributed by atoms with van der Waals surface area (Å²) in [6.07, 6.45) is 3.98. The third-order valence-corrected chi connectivity index (χ3v) is 7.47. The van der Waals surface area contributed by atoms with Gasteiger partial charge in [0.1, 0.15) is 5.82 Å². The Kier molecular flexibility index (Phi) is 11.0. The van der Waals surface area contributed by atoms with Crippen molar-refractivity contribution in [2.45, 2.75) is 97.9 Å². The maximum Gasteiger partial charge on any atom is 0.352 e. The fraction of sp³-hybridized carbons (Fsp3) is 0.529. The Bertz CT molecular complexity index is 1260. The van der Waals surface area contributed by atoms with Crippen LogP contribution in [-0.2, 0) is 31.0 Å². The van der Waals surface area contributed by atoms with Crippen molar-refractivity contribution >= 4 is 17.6 Å². The van der Waals surface area contributed by atoms with Gasteiger partial charge in [0.05, 0.1) is 21.3 Å². The Morgan fingerprint density at radius 2 is 1.49 bits per heavy atom. The number of anilines is 1. The van der Waals surface area contributed by atoms with Crippen LogP contribution in [0.4, 0.5) is 5.69 Å². The van der Waals surface area contributed by atoms with Gasteiger partial charge >= 0.3 is 11.9 Å². The number of carbonyl (C=O) groups is 2. The zero-order chi connectivity index (χ0) is 31.9. The van der Waals surface area contributed by atoms with E-state index in [9.17, 15) is 9.59 Å². The molecule has 1 unspecified atom stereocenters. The topological polar surface area (TPSA) is 95.6 Å². The maximum absolute atomic E-state index is 13.5. The van der Waals surface area contributed by atoms with E-state index in [1.807, 2.05) is 4.90 Å². The molecule has 1 heterocycles. The lowest BCUT2D eigenvalue weighted by atomic mass is 9.86. The molecule has 2 aromatic rings. The zero-order valence-corrected chi connectivity index (χ0v) is 27.4. The third-order valence-electron chi connectivity index (χ3n) is 7.47. The van der Waals surface area contributed by atoms with E-state index in [0.717, 1.165) is 31.2 Å². The van der Waals surface area contributed by atoms with E-state index < -0.39 is 17.7 Å². The third kappa shape index (κ3) is 8.36. The lowest BCUT2D eigenvalue weighted by molar-refractivity contribution is -0.222. The molecule has 0 bridgehead atoms. The summed E-state index contributed by atoms with van der Waals surface area (Å²) in [6.45, 7) is 14.3. The Labute approximate surface area is 256 Å². The molecule has 1 saturated heterocycles. The number of ether oxygens (including phenoxy) is 5. The van der Waals surface area contributed by atoms with Crippen LogP contribution in [0.2, 0.25) is 0 Å². The predicted molar refractivity (Wildman–Crippen MR) is 167 cm³/mol. The molecule has 1 fully saturated rings. The molecule has 0 radical (unpaired) electrons. The Hall–Kier alpha value is -3.88. The van der Waals surface area contributed by atoms with Gasteiger partial charge in [-0.1, -0.05) is 71.2 Å². The smallest absolute Gasteiger partial charge is 0.352 e. The summed E-state index contributed by atoms with van der Waals surface area (Å²) < 4.78 is 27.7. The van der Waals surface area contributed by atoms with Gasteiger partial charge < -0.3 is 33.9 Å². The van der Waals surface area contributed by atoms with E-state index in [1.165, 1.54) is 40.7 Å². The number of unbranched alkanes of at least 4 members (excludes halogenated alkanes) is 2. The lowest BCUT2D eigenvalue weighted by Crippen LogP contribution is -2.45. The molecule has 1 atom stereocenters. The molecule has 0 amide bonds. The summed E-state index contributed by atoms with van der Waals surface area (Å²) >= 11 is 0. The maximum atomic E-state index is 13.5. The van der Waals surface area contributed by atoms with Crippen molar-refractivity contribution in [1.29, 1.82) is 0 Å². The molecule has 1 aliphatic rings. The predicted octanol–water partition coefficient (Wildman–Crippen LogP) is 6.94. The summed E-state index contributed by atoms with van der Waals surface area (Å²) in [7, 11) is 4.59. The zero-order valence-electron chi connectivity index (χ0n) is 27.4.